The Morgan fingerprint density at radius 3 is 2.77 bits per heavy atom. The number of allylic oxidation sites excluding steroid dienone is 2. The van der Waals surface area contributed by atoms with Crippen LogP contribution in [0.5, 0.6) is 0 Å². The number of aromatic amines is 1. The predicted molar refractivity (Wildman–Crippen MR) is 105 cm³/mol. The molecular formula is C19H15Cl2N3O2. The van der Waals surface area contributed by atoms with Gasteiger partial charge in [-0.2, -0.15) is 0 Å². The maximum absolute atomic E-state index is 12.2. The Bertz CT molecular complexity index is 956. The molecule has 0 spiro atoms. The Morgan fingerprint density at radius 2 is 2.04 bits per heavy atom. The molecule has 2 aromatic heterocycles. The van der Waals surface area contributed by atoms with Gasteiger partial charge < -0.3 is 15.0 Å². The number of pyridine rings is 1. The van der Waals surface area contributed by atoms with E-state index in [0.29, 0.717) is 15.9 Å². The smallest absolute Gasteiger partial charge is 0.291 e. The Morgan fingerprint density at radius 1 is 1.23 bits per heavy atom. The number of H-pyrrole nitrogens is 1. The average molecular weight is 388 g/mol. The lowest BCUT2D eigenvalue weighted by Gasteiger charge is -2.06. The fraction of sp³-hybridized carbons (Fsp3) is 0.0526. The number of fused-ring (bicyclic) bond motifs is 1. The van der Waals surface area contributed by atoms with Gasteiger partial charge in [-0.05, 0) is 42.5 Å². The number of aromatic nitrogens is 2. The van der Waals surface area contributed by atoms with Gasteiger partial charge in [0, 0.05) is 22.8 Å². The van der Waals surface area contributed by atoms with E-state index >= 15 is 0 Å². The second-order valence-electron chi connectivity index (χ2n) is 5.34. The van der Waals surface area contributed by atoms with Crippen molar-refractivity contribution in [1.29, 1.82) is 0 Å². The van der Waals surface area contributed by atoms with Crippen molar-refractivity contribution in [3.05, 3.63) is 76.2 Å². The molecule has 0 saturated heterocycles. The summed E-state index contributed by atoms with van der Waals surface area (Å²) in [6.07, 6.45) is 6.70. The second-order valence-corrected chi connectivity index (χ2v) is 6.16. The van der Waals surface area contributed by atoms with Crippen molar-refractivity contribution < 1.29 is 9.53 Å². The molecule has 0 aliphatic heterocycles. The lowest BCUT2D eigenvalue weighted by Crippen LogP contribution is -2.16. The first kappa shape index (κ1) is 18.0. The van der Waals surface area contributed by atoms with Gasteiger partial charge in [-0.25, -0.2) is 4.98 Å². The second kappa shape index (κ2) is 8.08. The van der Waals surface area contributed by atoms with Crippen LogP contribution < -0.4 is 5.32 Å². The summed E-state index contributed by atoms with van der Waals surface area (Å²) >= 11 is 12.0. The van der Waals surface area contributed by atoms with Crippen molar-refractivity contribution in [2.24, 2.45) is 0 Å². The fourth-order valence-electron chi connectivity index (χ4n) is 2.33. The quantitative estimate of drug-likeness (QED) is 0.365. The van der Waals surface area contributed by atoms with Crippen molar-refractivity contribution in [3.8, 4) is 0 Å². The first-order valence-corrected chi connectivity index (χ1v) is 8.45. The summed E-state index contributed by atoms with van der Waals surface area (Å²) in [4.78, 5) is 19.4. The molecule has 2 N–H and O–H groups in total. The summed E-state index contributed by atoms with van der Waals surface area (Å²) in [6.45, 7) is 0. The Balaban J connectivity index is 1.75. The number of amides is 1. The van der Waals surface area contributed by atoms with Gasteiger partial charge in [0.25, 0.3) is 5.91 Å². The largest absolute Gasteiger partial charge is 0.491 e. The van der Waals surface area contributed by atoms with Crippen LogP contribution in [0.1, 0.15) is 5.69 Å². The van der Waals surface area contributed by atoms with Crippen LogP contribution in [0.2, 0.25) is 10.0 Å². The Kier molecular flexibility index (Phi) is 5.61. The summed E-state index contributed by atoms with van der Waals surface area (Å²) in [6, 6.07) is 10.8. The molecule has 0 bridgehead atoms. The Labute approximate surface area is 160 Å². The molecule has 0 unspecified atom stereocenters. The minimum atomic E-state index is -0.383. The molecule has 2 heterocycles. The zero-order chi connectivity index (χ0) is 18.5. The van der Waals surface area contributed by atoms with E-state index in [2.05, 4.69) is 15.3 Å². The van der Waals surface area contributed by atoms with E-state index in [4.69, 9.17) is 27.9 Å². The number of carbonyl (C=O) groups is 1. The van der Waals surface area contributed by atoms with Gasteiger partial charge >= 0.3 is 0 Å². The molecule has 0 aliphatic rings. The molecule has 0 atom stereocenters. The fourth-order valence-corrected chi connectivity index (χ4v) is 2.66. The molecule has 3 aromatic rings. The number of rotatable bonds is 5. The minimum Gasteiger partial charge on any atom is -0.491 e. The Hall–Kier alpha value is -2.76. The van der Waals surface area contributed by atoms with Crippen molar-refractivity contribution in [2.45, 2.75) is 0 Å². The SMILES string of the molecule is COC(=CC=Cc1cc2cc(Cl)c(Cl)cc2[nH]1)C(=O)Nc1ccccn1. The highest BCUT2D eigenvalue weighted by atomic mass is 35.5. The highest BCUT2D eigenvalue weighted by Crippen LogP contribution is 2.28. The first-order chi connectivity index (χ1) is 12.6. The van der Waals surface area contributed by atoms with E-state index in [0.717, 1.165) is 16.6 Å². The minimum absolute atomic E-state index is 0.161. The van der Waals surface area contributed by atoms with Crippen molar-refractivity contribution in [3.63, 3.8) is 0 Å². The number of ether oxygens (including phenoxy) is 1. The molecule has 26 heavy (non-hydrogen) atoms. The molecule has 0 fully saturated rings. The highest BCUT2D eigenvalue weighted by molar-refractivity contribution is 6.42. The number of nitrogens with zero attached hydrogens (tertiary/aromatic N) is 1. The molecule has 1 amide bonds. The van der Waals surface area contributed by atoms with Crippen molar-refractivity contribution >= 4 is 51.9 Å². The van der Waals surface area contributed by atoms with E-state index in [9.17, 15) is 4.79 Å². The summed E-state index contributed by atoms with van der Waals surface area (Å²) in [5.41, 5.74) is 1.72. The predicted octanol–water partition coefficient (Wildman–Crippen LogP) is 5.05. The van der Waals surface area contributed by atoms with E-state index in [1.807, 2.05) is 12.1 Å². The monoisotopic (exact) mass is 387 g/mol. The van der Waals surface area contributed by atoms with Crippen molar-refractivity contribution in [1.82, 2.24) is 9.97 Å². The van der Waals surface area contributed by atoms with Gasteiger partial charge in [-0.1, -0.05) is 35.3 Å². The van der Waals surface area contributed by atoms with Crippen LogP contribution in [-0.2, 0) is 9.53 Å². The molecule has 3 rings (SSSR count). The third-order valence-corrected chi connectivity index (χ3v) is 4.28. The molecule has 7 heteroatoms. The zero-order valence-electron chi connectivity index (χ0n) is 13.8. The normalized spacial score (nSPS) is 11.9. The number of benzene rings is 1. The van der Waals surface area contributed by atoms with Crippen LogP contribution in [-0.4, -0.2) is 23.0 Å². The summed E-state index contributed by atoms with van der Waals surface area (Å²) < 4.78 is 5.14. The number of hydrogen-bond donors (Lipinski definition) is 2. The lowest BCUT2D eigenvalue weighted by molar-refractivity contribution is -0.115. The third kappa shape index (κ3) is 4.25. The number of halogens is 2. The standard InChI is InChI=1S/C19H15Cl2N3O2/c1-26-17(19(25)24-18-7-2-3-8-22-18)6-4-5-13-9-12-10-14(20)15(21)11-16(12)23-13/h2-11,23H,1H3,(H,22,24,25). The molecule has 1 aromatic carbocycles. The van der Waals surface area contributed by atoms with Gasteiger partial charge in [0.2, 0.25) is 0 Å². The summed E-state index contributed by atoms with van der Waals surface area (Å²) in [5.74, 6) is 0.231. The van der Waals surface area contributed by atoms with Gasteiger partial charge in [-0.15, -0.1) is 0 Å². The van der Waals surface area contributed by atoms with Crippen LogP contribution in [0.3, 0.4) is 0 Å². The van der Waals surface area contributed by atoms with E-state index in [-0.39, 0.29) is 11.7 Å². The lowest BCUT2D eigenvalue weighted by atomic mass is 10.2. The van der Waals surface area contributed by atoms with E-state index in [1.165, 1.54) is 7.11 Å². The number of anilines is 1. The summed E-state index contributed by atoms with van der Waals surface area (Å²) in [7, 11) is 1.44. The van der Waals surface area contributed by atoms with Crippen LogP contribution >= 0.6 is 23.2 Å². The van der Waals surface area contributed by atoms with Crippen LogP contribution in [0.15, 0.2) is 60.5 Å². The topological polar surface area (TPSA) is 67.0 Å². The number of carbonyl (C=O) groups excluding carboxylic acids is 1. The molecule has 132 valence electrons. The average Bonchev–Trinajstić information content (AvgIpc) is 3.01. The highest BCUT2D eigenvalue weighted by Gasteiger charge is 2.09. The number of nitrogens with one attached hydrogen (secondary N) is 2. The maximum Gasteiger partial charge on any atom is 0.291 e. The van der Waals surface area contributed by atoms with Gasteiger partial charge in [-0.3, -0.25) is 4.79 Å². The molecule has 0 saturated carbocycles. The molecule has 0 aliphatic carbocycles. The van der Waals surface area contributed by atoms with Gasteiger partial charge in [0.05, 0.1) is 17.2 Å². The number of hydrogen-bond acceptors (Lipinski definition) is 3. The van der Waals surface area contributed by atoms with E-state index < -0.39 is 0 Å². The third-order valence-electron chi connectivity index (χ3n) is 3.56. The van der Waals surface area contributed by atoms with Crippen LogP contribution in [0, 0.1) is 0 Å². The van der Waals surface area contributed by atoms with Gasteiger partial charge in [0.15, 0.2) is 5.76 Å². The maximum atomic E-state index is 12.2. The molecule has 5 nitrogen and oxygen atoms in total. The molecule has 0 radical (unpaired) electrons. The zero-order valence-corrected chi connectivity index (χ0v) is 15.3. The molecular weight excluding hydrogens is 373 g/mol. The number of methoxy groups -OCH3 is 1. The summed E-state index contributed by atoms with van der Waals surface area (Å²) in [5, 5.41) is 4.60. The first-order valence-electron chi connectivity index (χ1n) is 7.69. The van der Waals surface area contributed by atoms with E-state index in [1.54, 1.807) is 48.7 Å². The van der Waals surface area contributed by atoms with Crippen LogP contribution in [0.25, 0.3) is 17.0 Å². The van der Waals surface area contributed by atoms with Crippen molar-refractivity contribution in [2.75, 3.05) is 12.4 Å². The van der Waals surface area contributed by atoms with Crippen LogP contribution in [0.4, 0.5) is 5.82 Å². The van der Waals surface area contributed by atoms with Gasteiger partial charge in [0.1, 0.15) is 5.82 Å².